The van der Waals surface area contributed by atoms with E-state index >= 15 is 0 Å². The van der Waals surface area contributed by atoms with E-state index in [1.807, 2.05) is 0 Å². The van der Waals surface area contributed by atoms with Crippen molar-refractivity contribution in [3.63, 3.8) is 0 Å². The number of hydrogen-bond donors (Lipinski definition) is 2. The van der Waals surface area contributed by atoms with Gasteiger partial charge in [-0.3, -0.25) is 0 Å². The molecule has 0 aliphatic carbocycles. The average molecular weight is 273 g/mol. The van der Waals surface area contributed by atoms with Crippen molar-refractivity contribution >= 4 is 17.4 Å². The predicted molar refractivity (Wildman–Crippen MR) is 70.1 cm³/mol. The fraction of sp³-hybridized carbons (Fsp3) is 0.417. The molecule has 0 saturated heterocycles. The van der Waals surface area contributed by atoms with Crippen molar-refractivity contribution < 1.29 is 14.7 Å². The van der Waals surface area contributed by atoms with Crippen molar-refractivity contribution in [1.29, 1.82) is 0 Å². The molecule has 0 radical (unpaired) electrons. The minimum absolute atomic E-state index is 0.0319. The maximum Gasteiger partial charge on any atom is 0.170 e. The van der Waals surface area contributed by atoms with E-state index in [4.69, 9.17) is 32.0 Å². The first kappa shape index (κ1) is 14.8. The largest absolute Gasteiger partial charge is 0.409 e. The Labute approximate surface area is 111 Å². The average Bonchev–Trinajstić information content (AvgIpc) is 2.39. The van der Waals surface area contributed by atoms with Gasteiger partial charge < -0.3 is 20.4 Å². The van der Waals surface area contributed by atoms with Gasteiger partial charge in [0.05, 0.1) is 6.61 Å². The molecule has 0 aromatic heterocycles. The van der Waals surface area contributed by atoms with Crippen LogP contribution in [0, 0.1) is 0 Å². The van der Waals surface area contributed by atoms with E-state index in [0.717, 1.165) is 12.0 Å². The molecule has 1 rings (SSSR count). The number of benzene rings is 1. The first-order valence-corrected chi connectivity index (χ1v) is 5.90. The summed E-state index contributed by atoms with van der Waals surface area (Å²) in [5, 5.41) is 12.0. The molecule has 0 amide bonds. The van der Waals surface area contributed by atoms with Crippen LogP contribution >= 0.6 is 11.6 Å². The van der Waals surface area contributed by atoms with Gasteiger partial charge in [0.2, 0.25) is 0 Å². The number of nitrogens with zero attached hydrogens (tertiary/aromatic N) is 1. The standard InChI is InChI=1S/C12H17ClN2O3/c1-17-5-2-6-18-8-10-4-3-9(7-11(10)13)12(14)15-16/h3-4,7,16H,2,5-6,8H2,1H3,(H2,14,15). The van der Waals surface area contributed by atoms with Crippen LogP contribution in [0.3, 0.4) is 0 Å². The van der Waals surface area contributed by atoms with E-state index in [1.165, 1.54) is 0 Å². The number of hydrogen-bond acceptors (Lipinski definition) is 4. The summed E-state index contributed by atoms with van der Waals surface area (Å²) < 4.78 is 10.4. The number of rotatable bonds is 7. The van der Waals surface area contributed by atoms with Gasteiger partial charge in [-0.05, 0) is 18.1 Å². The van der Waals surface area contributed by atoms with Crippen LogP contribution in [0.1, 0.15) is 17.5 Å². The molecular weight excluding hydrogens is 256 g/mol. The lowest BCUT2D eigenvalue weighted by molar-refractivity contribution is 0.0929. The van der Waals surface area contributed by atoms with Crippen molar-refractivity contribution in [1.82, 2.24) is 0 Å². The highest BCUT2D eigenvalue weighted by molar-refractivity contribution is 6.31. The number of methoxy groups -OCH3 is 1. The lowest BCUT2D eigenvalue weighted by Gasteiger charge is -2.07. The Balaban J connectivity index is 2.52. The number of nitrogens with two attached hydrogens (primary N) is 1. The SMILES string of the molecule is COCCCOCc1ccc(/C(N)=N/O)cc1Cl. The van der Waals surface area contributed by atoms with Gasteiger partial charge >= 0.3 is 0 Å². The summed E-state index contributed by atoms with van der Waals surface area (Å²) in [7, 11) is 1.66. The molecule has 0 spiro atoms. The molecule has 0 heterocycles. The summed E-state index contributed by atoms with van der Waals surface area (Å²) >= 11 is 6.07. The molecule has 0 unspecified atom stereocenters. The molecule has 3 N–H and O–H groups in total. The molecule has 6 heteroatoms. The molecule has 18 heavy (non-hydrogen) atoms. The van der Waals surface area contributed by atoms with Gasteiger partial charge in [0.25, 0.3) is 0 Å². The van der Waals surface area contributed by atoms with Crippen molar-refractivity contribution in [2.45, 2.75) is 13.0 Å². The van der Waals surface area contributed by atoms with E-state index in [0.29, 0.717) is 30.4 Å². The predicted octanol–water partition coefficient (Wildman–Crippen LogP) is 1.99. The van der Waals surface area contributed by atoms with E-state index in [9.17, 15) is 0 Å². The summed E-state index contributed by atoms with van der Waals surface area (Å²) in [4.78, 5) is 0. The van der Waals surface area contributed by atoms with E-state index < -0.39 is 0 Å². The molecule has 0 saturated carbocycles. The summed E-state index contributed by atoms with van der Waals surface area (Å²) in [6, 6.07) is 5.17. The third-order valence-corrected chi connectivity index (χ3v) is 2.70. The van der Waals surface area contributed by atoms with Gasteiger partial charge in [0, 0.05) is 30.9 Å². The van der Waals surface area contributed by atoms with Crippen molar-refractivity contribution in [3.8, 4) is 0 Å². The lowest BCUT2D eigenvalue weighted by Crippen LogP contribution is -2.13. The fourth-order valence-electron chi connectivity index (χ4n) is 1.37. The smallest absolute Gasteiger partial charge is 0.170 e. The Hall–Kier alpha value is -1.30. The van der Waals surface area contributed by atoms with Crippen LogP contribution in [-0.2, 0) is 16.1 Å². The monoisotopic (exact) mass is 272 g/mol. The number of amidine groups is 1. The fourth-order valence-corrected chi connectivity index (χ4v) is 1.60. The second-order valence-electron chi connectivity index (χ2n) is 3.69. The summed E-state index contributed by atoms with van der Waals surface area (Å²) in [6.45, 7) is 1.72. The van der Waals surface area contributed by atoms with Gasteiger partial charge in [-0.2, -0.15) is 0 Å². The molecule has 5 nitrogen and oxygen atoms in total. The molecule has 0 atom stereocenters. The topological polar surface area (TPSA) is 77.1 Å². The Morgan fingerprint density at radius 3 is 2.83 bits per heavy atom. The van der Waals surface area contributed by atoms with Crippen LogP contribution in [0.5, 0.6) is 0 Å². The molecule has 0 fully saturated rings. The van der Waals surface area contributed by atoms with Crippen LogP contribution in [0.2, 0.25) is 5.02 Å². The van der Waals surface area contributed by atoms with E-state index in [2.05, 4.69) is 5.16 Å². The third kappa shape index (κ3) is 4.52. The van der Waals surface area contributed by atoms with Gasteiger partial charge in [-0.15, -0.1) is 0 Å². The Kier molecular flexibility index (Phi) is 6.49. The highest BCUT2D eigenvalue weighted by atomic mass is 35.5. The van der Waals surface area contributed by atoms with Crippen LogP contribution in [0.15, 0.2) is 23.4 Å². The van der Waals surface area contributed by atoms with Gasteiger partial charge in [-0.1, -0.05) is 28.9 Å². The second kappa shape index (κ2) is 7.92. The second-order valence-corrected chi connectivity index (χ2v) is 4.10. The summed E-state index contributed by atoms with van der Waals surface area (Å²) in [5.74, 6) is 0.0319. The lowest BCUT2D eigenvalue weighted by atomic mass is 10.1. The zero-order valence-corrected chi connectivity index (χ0v) is 11.0. The Morgan fingerprint density at radius 1 is 1.44 bits per heavy atom. The molecule has 1 aromatic rings. The molecule has 100 valence electrons. The normalized spacial score (nSPS) is 11.8. The number of oxime groups is 1. The van der Waals surface area contributed by atoms with Crippen molar-refractivity contribution in [2.24, 2.45) is 10.9 Å². The first-order valence-electron chi connectivity index (χ1n) is 5.52. The summed E-state index contributed by atoms with van der Waals surface area (Å²) in [6.07, 6.45) is 0.844. The molecule has 0 bridgehead atoms. The van der Waals surface area contributed by atoms with Crippen LogP contribution in [-0.4, -0.2) is 31.4 Å². The van der Waals surface area contributed by atoms with E-state index in [1.54, 1.807) is 25.3 Å². The zero-order valence-electron chi connectivity index (χ0n) is 10.2. The maximum absolute atomic E-state index is 8.56. The zero-order chi connectivity index (χ0) is 13.4. The molecule has 0 aliphatic heterocycles. The molecule has 0 aliphatic rings. The maximum atomic E-state index is 8.56. The highest BCUT2D eigenvalue weighted by Crippen LogP contribution is 2.18. The van der Waals surface area contributed by atoms with Gasteiger partial charge in [0.15, 0.2) is 5.84 Å². The number of ether oxygens (including phenoxy) is 2. The minimum atomic E-state index is 0.0319. The highest BCUT2D eigenvalue weighted by Gasteiger charge is 2.05. The quantitative estimate of drug-likeness (QED) is 0.262. The molecular formula is C12H17ClN2O3. The molecule has 1 aromatic carbocycles. The third-order valence-electron chi connectivity index (χ3n) is 2.35. The van der Waals surface area contributed by atoms with Crippen LogP contribution in [0.25, 0.3) is 0 Å². The Bertz CT molecular complexity index is 410. The number of halogens is 1. The summed E-state index contributed by atoms with van der Waals surface area (Å²) in [5.41, 5.74) is 6.90. The van der Waals surface area contributed by atoms with Crippen molar-refractivity contribution in [3.05, 3.63) is 34.3 Å². The van der Waals surface area contributed by atoms with Crippen molar-refractivity contribution in [2.75, 3.05) is 20.3 Å². The van der Waals surface area contributed by atoms with E-state index in [-0.39, 0.29) is 5.84 Å². The minimum Gasteiger partial charge on any atom is -0.409 e. The Morgan fingerprint density at radius 2 is 2.22 bits per heavy atom. The first-order chi connectivity index (χ1) is 8.69. The van der Waals surface area contributed by atoms with Gasteiger partial charge in [0.1, 0.15) is 0 Å². The van der Waals surface area contributed by atoms with Crippen LogP contribution in [0.4, 0.5) is 0 Å². The van der Waals surface area contributed by atoms with Crippen LogP contribution < -0.4 is 5.73 Å². The van der Waals surface area contributed by atoms with Gasteiger partial charge in [-0.25, -0.2) is 0 Å².